The minimum Gasteiger partial charge on any atom is -0.328 e. The molecular formula is C25H26N4O. The minimum atomic E-state index is -0.290. The van der Waals surface area contributed by atoms with Crippen molar-refractivity contribution >= 4 is 22.8 Å². The predicted octanol–water partition coefficient (Wildman–Crippen LogP) is 4.31. The average molecular weight is 399 g/mol. The molecule has 1 aliphatic carbocycles. The van der Waals surface area contributed by atoms with Gasteiger partial charge in [-0.15, -0.1) is 0 Å². The zero-order valence-corrected chi connectivity index (χ0v) is 17.4. The van der Waals surface area contributed by atoms with E-state index in [1.807, 2.05) is 32.0 Å². The Bertz CT molecular complexity index is 1050. The molecule has 0 saturated heterocycles. The van der Waals surface area contributed by atoms with Crippen LogP contribution in [-0.4, -0.2) is 22.5 Å². The largest absolute Gasteiger partial charge is 0.328 e. The van der Waals surface area contributed by atoms with Crippen LogP contribution in [0.1, 0.15) is 55.0 Å². The zero-order valence-electron chi connectivity index (χ0n) is 17.4. The number of nitrogens with zero attached hydrogens (tertiary/aromatic N) is 3. The molecule has 30 heavy (non-hydrogen) atoms. The lowest BCUT2D eigenvalue weighted by Crippen LogP contribution is -2.37. The standard InChI is InChI=1S/C25H26N4O/c1-15-3-5-17(6-4-15)22-16(2)25(30)24(18-7-10-20(27)11-8-18)29-23(22)19-9-12-21(13-26)28-14-19/h3-6,9,12,14,16,18,20H,7-8,10-11,27H2,1-2H3. The Labute approximate surface area is 177 Å². The smallest absolute Gasteiger partial charge is 0.184 e. The molecule has 1 aromatic heterocycles. The fourth-order valence-electron chi connectivity index (χ4n) is 4.42. The number of Topliss-reactive ketones (excluding diaryl/α,β-unsaturated/α-hetero) is 1. The van der Waals surface area contributed by atoms with Gasteiger partial charge in [-0.25, -0.2) is 9.98 Å². The van der Waals surface area contributed by atoms with Crippen molar-refractivity contribution in [2.24, 2.45) is 22.6 Å². The van der Waals surface area contributed by atoms with Gasteiger partial charge in [0.25, 0.3) is 0 Å². The van der Waals surface area contributed by atoms with Crippen LogP contribution in [0.25, 0.3) is 11.3 Å². The third-order valence-electron chi connectivity index (χ3n) is 6.24. The molecule has 1 aromatic carbocycles. The van der Waals surface area contributed by atoms with E-state index >= 15 is 0 Å². The topological polar surface area (TPSA) is 92.1 Å². The van der Waals surface area contributed by atoms with Crippen LogP contribution in [0.4, 0.5) is 0 Å². The summed E-state index contributed by atoms with van der Waals surface area (Å²) < 4.78 is 0. The summed E-state index contributed by atoms with van der Waals surface area (Å²) in [6, 6.07) is 14.0. The van der Waals surface area contributed by atoms with Gasteiger partial charge in [-0.05, 0) is 55.9 Å². The van der Waals surface area contributed by atoms with E-state index in [2.05, 4.69) is 23.2 Å². The minimum absolute atomic E-state index is 0.108. The Morgan fingerprint density at radius 1 is 1.03 bits per heavy atom. The molecule has 4 rings (SSSR count). The lowest BCUT2D eigenvalue weighted by atomic mass is 9.76. The summed E-state index contributed by atoms with van der Waals surface area (Å²) in [5, 5.41) is 9.10. The molecular weight excluding hydrogens is 372 g/mol. The number of pyridine rings is 1. The fourth-order valence-corrected chi connectivity index (χ4v) is 4.42. The van der Waals surface area contributed by atoms with Crippen molar-refractivity contribution in [3.05, 3.63) is 65.0 Å². The number of hydrogen-bond acceptors (Lipinski definition) is 5. The second-order valence-electron chi connectivity index (χ2n) is 8.37. The molecule has 1 unspecified atom stereocenters. The molecule has 2 aromatic rings. The van der Waals surface area contributed by atoms with E-state index in [9.17, 15) is 4.79 Å². The maximum atomic E-state index is 13.4. The van der Waals surface area contributed by atoms with E-state index in [4.69, 9.17) is 16.0 Å². The molecule has 0 bridgehead atoms. The van der Waals surface area contributed by atoms with Crippen LogP contribution in [0.3, 0.4) is 0 Å². The van der Waals surface area contributed by atoms with Crippen LogP contribution in [-0.2, 0) is 4.79 Å². The maximum Gasteiger partial charge on any atom is 0.184 e. The molecule has 0 amide bonds. The third-order valence-corrected chi connectivity index (χ3v) is 6.24. The van der Waals surface area contributed by atoms with Gasteiger partial charge in [0.1, 0.15) is 11.8 Å². The number of benzene rings is 1. The first-order chi connectivity index (χ1) is 14.5. The van der Waals surface area contributed by atoms with E-state index in [-0.39, 0.29) is 23.7 Å². The molecule has 0 spiro atoms. The summed E-state index contributed by atoms with van der Waals surface area (Å²) in [5.74, 6) is -0.0292. The first kappa shape index (κ1) is 20.2. The summed E-state index contributed by atoms with van der Waals surface area (Å²) in [6.07, 6.45) is 5.33. The second-order valence-corrected chi connectivity index (χ2v) is 8.37. The predicted molar refractivity (Wildman–Crippen MR) is 118 cm³/mol. The Hall–Kier alpha value is -3.10. The van der Waals surface area contributed by atoms with Gasteiger partial charge in [0.05, 0.1) is 11.4 Å². The van der Waals surface area contributed by atoms with Gasteiger partial charge in [0, 0.05) is 29.6 Å². The Morgan fingerprint density at radius 2 is 1.70 bits per heavy atom. The van der Waals surface area contributed by atoms with E-state index in [1.165, 1.54) is 5.56 Å². The number of nitrogens with two attached hydrogens (primary N) is 1. The number of ketones is 1. The lowest BCUT2D eigenvalue weighted by Gasteiger charge is -2.31. The Morgan fingerprint density at radius 3 is 2.30 bits per heavy atom. The van der Waals surface area contributed by atoms with E-state index in [1.54, 1.807) is 12.3 Å². The number of hydrogen-bond donors (Lipinski definition) is 1. The normalized spacial score (nSPS) is 24.4. The first-order valence-corrected chi connectivity index (χ1v) is 10.5. The van der Waals surface area contributed by atoms with Gasteiger partial charge >= 0.3 is 0 Å². The Kier molecular flexibility index (Phi) is 5.61. The first-order valence-electron chi connectivity index (χ1n) is 10.5. The second kappa shape index (κ2) is 8.33. The van der Waals surface area contributed by atoms with Crippen molar-refractivity contribution in [2.75, 3.05) is 0 Å². The van der Waals surface area contributed by atoms with Crippen LogP contribution in [0.15, 0.2) is 47.6 Å². The molecule has 1 aliphatic heterocycles. The van der Waals surface area contributed by atoms with Crippen LogP contribution >= 0.6 is 0 Å². The van der Waals surface area contributed by atoms with Crippen molar-refractivity contribution in [2.45, 2.75) is 45.6 Å². The van der Waals surface area contributed by atoms with E-state index < -0.39 is 0 Å². The molecule has 2 N–H and O–H groups in total. The van der Waals surface area contributed by atoms with Crippen molar-refractivity contribution in [1.82, 2.24) is 4.98 Å². The van der Waals surface area contributed by atoms with Crippen molar-refractivity contribution < 1.29 is 4.79 Å². The van der Waals surface area contributed by atoms with E-state index in [0.29, 0.717) is 11.4 Å². The molecule has 5 heteroatoms. The highest BCUT2D eigenvalue weighted by Gasteiger charge is 2.36. The van der Waals surface area contributed by atoms with Crippen LogP contribution in [0, 0.1) is 30.1 Å². The molecule has 1 atom stereocenters. The van der Waals surface area contributed by atoms with Gasteiger partial charge in [-0.1, -0.05) is 36.8 Å². The lowest BCUT2D eigenvalue weighted by molar-refractivity contribution is -0.115. The van der Waals surface area contributed by atoms with Crippen LogP contribution in [0.2, 0.25) is 0 Å². The van der Waals surface area contributed by atoms with Gasteiger partial charge in [-0.3, -0.25) is 4.79 Å². The van der Waals surface area contributed by atoms with Crippen molar-refractivity contribution in [1.29, 1.82) is 5.26 Å². The average Bonchev–Trinajstić information content (AvgIpc) is 2.77. The number of aryl methyl sites for hydroxylation is 1. The highest BCUT2D eigenvalue weighted by molar-refractivity contribution is 6.45. The number of carbonyl (C=O) groups is 1. The molecule has 1 saturated carbocycles. The number of aromatic nitrogens is 1. The zero-order chi connectivity index (χ0) is 21.3. The number of carbonyl (C=O) groups excluding carboxylic acids is 1. The summed E-state index contributed by atoms with van der Waals surface area (Å²) in [5.41, 5.74) is 11.8. The van der Waals surface area contributed by atoms with Gasteiger partial charge in [-0.2, -0.15) is 5.26 Å². The highest BCUT2D eigenvalue weighted by atomic mass is 16.1. The summed E-state index contributed by atoms with van der Waals surface area (Å²) in [6.45, 7) is 4.01. The number of aliphatic imine (C=N–C) groups is 1. The highest BCUT2D eigenvalue weighted by Crippen LogP contribution is 2.40. The summed E-state index contributed by atoms with van der Waals surface area (Å²) in [7, 11) is 0. The monoisotopic (exact) mass is 398 g/mol. The molecule has 152 valence electrons. The van der Waals surface area contributed by atoms with Crippen LogP contribution in [0.5, 0.6) is 0 Å². The van der Waals surface area contributed by atoms with Crippen molar-refractivity contribution in [3.8, 4) is 6.07 Å². The van der Waals surface area contributed by atoms with Gasteiger partial charge in [0.2, 0.25) is 0 Å². The molecule has 2 heterocycles. The summed E-state index contributed by atoms with van der Waals surface area (Å²) >= 11 is 0. The number of allylic oxidation sites excluding steroid dienone is 1. The Balaban J connectivity index is 1.86. The molecule has 2 aliphatic rings. The molecule has 5 nitrogen and oxygen atoms in total. The molecule has 0 radical (unpaired) electrons. The fraction of sp³-hybridized carbons (Fsp3) is 0.360. The number of rotatable bonds is 3. The van der Waals surface area contributed by atoms with Crippen molar-refractivity contribution in [3.63, 3.8) is 0 Å². The third kappa shape index (κ3) is 3.83. The molecule has 1 fully saturated rings. The van der Waals surface area contributed by atoms with Gasteiger partial charge < -0.3 is 5.73 Å². The van der Waals surface area contributed by atoms with E-state index in [0.717, 1.165) is 48.1 Å². The quantitative estimate of drug-likeness (QED) is 0.834. The maximum absolute atomic E-state index is 13.4. The van der Waals surface area contributed by atoms with Gasteiger partial charge in [0.15, 0.2) is 5.78 Å². The van der Waals surface area contributed by atoms with Crippen LogP contribution < -0.4 is 5.73 Å². The number of nitriles is 1. The SMILES string of the molecule is Cc1ccc(C2=C(c3ccc(C#N)nc3)N=C(C3CCC(N)CC3)C(=O)C2C)cc1. The summed E-state index contributed by atoms with van der Waals surface area (Å²) in [4.78, 5) is 22.6.